The molecule has 0 N–H and O–H groups in total. The van der Waals surface area contributed by atoms with Crippen LogP contribution in [0.1, 0.15) is 0 Å². The van der Waals surface area contributed by atoms with Crippen LogP contribution in [0.4, 0.5) is 0 Å². The van der Waals surface area contributed by atoms with E-state index in [4.69, 9.17) is 19.7 Å². The van der Waals surface area contributed by atoms with Gasteiger partial charge in [0, 0.05) is 52.6 Å². The van der Waals surface area contributed by atoms with E-state index in [1.807, 2.05) is 85.1 Å². The Morgan fingerprint density at radius 3 is 1.87 bits per heavy atom. The highest BCUT2D eigenvalue weighted by Crippen LogP contribution is 2.32. The van der Waals surface area contributed by atoms with Crippen LogP contribution in [0.25, 0.3) is 56.4 Å². The first-order valence-corrected chi connectivity index (χ1v) is 12.2. The lowest BCUT2D eigenvalue weighted by atomic mass is 10.0. The number of para-hydroxylation sites is 1. The number of nitrogens with zero attached hydrogens (tertiary/aromatic N) is 5. The number of hydrogen-bond donors (Lipinski definition) is 0. The van der Waals surface area contributed by atoms with Crippen LogP contribution < -0.4 is 4.74 Å². The summed E-state index contributed by atoms with van der Waals surface area (Å²) in [6.07, 6.45) is 7.08. The van der Waals surface area contributed by atoms with Crippen molar-refractivity contribution in [1.82, 2.24) is 24.9 Å². The fourth-order valence-electron chi connectivity index (χ4n) is 4.32. The summed E-state index contributed by atoms with van der Waals surface area (Å²) >= 11 is 0. The third-order valence-corrected chi connectivity index (χ3v) is 6.19. The van der Waals surface area contributed by atoms with Crippen LogP contribution in [-0.4, -0.2) is 32.0 Å². The van der Waals surface area contributed by atoms with Crippen LogP contribution in [0.2, 0.25) is 0 Å². The normalized spacial score (nSPS) is 10.8. The number of pyridine rings is 3. The molecule has 0 aliphatic rings. The van der Waals surface area contributed by atoms with E-state index in [-0.39, 0.29) is 0 Å². The Kier molecular flexibility index (Phi) is 6.35. The van der Waals surface area contributed by atoms with Crippen molar-refractivity contribution in [1.29, 1.82) is 0 Å². The molecule has 182 valence electrons. The van der Waals surface area contributed by atoms with Crippen LogP contribution in [0, 0.1) is 0 Å². The van der Waals surface area contributed by atoms with Crippen LogP contribution in [0.5, 0.6) is 5.75 Å². The van der Waals surface area contributed by atoms with Crippen LogP contribution >= 0.6 is 0 Å². The molecule has 0 atom stereocenters. The van der Waals surface area contributed by atoms with E-state index in [0.29, 0.717) is 5.82 Å². The Labute approximate surface area is 220 Å². The fourth-order valence-corrected chi connectivity index (χ4v) is 4.32. The predicted octanol–water partition coefficient (Wildman–Crippen LogP) is 7.01. The summed E-state index contributed by atoms with van der Waals surface area (Å²) in [5.74, 6) is 1.40. The number of methoxy groups -OCH3 is 1. The molecule has 0 radical (unpaired) electrons. The monoisotopic (exact) mass is 493 g/mol. The summed E-state index contributed by atoms with van der Waals surface area (Å²) in [6, 6.07) is 31.9. The molecule has 0 spiro atoms. The Morgan fingerprint density at radius 1 is 0.500 bits per heavy atom. The van der Waals surface area contributed by atoms with Gasteiger partial charge < -0.3 is 4.74 Å². The molecule has 6 heteroatoms. The van der Waals surface area contributed by atoms with Crippen molar-refractivity contribution in [2.75, 3.05) is 7.11 Å². The lowest BCUT2D eigenvalue weighted by Crippen LogP contribution is -1.97. The van der Waals surface area contributed by atoms with Crippen molar-refractivity contribution < 1.29 is 4.74 Å². The number of hydrogen-bond acceptors (Lipinski definition) is 6. The molecule has 0 amide bonds. The molecule has 0 aliphatic heterocycles. The van der Waals surface area contributed by atoms with Crippen molar-refractivity contribution in [3.8, 4) is 62.2 Å². The van der Waals surface area contributed by atoms with Gasteiger partial charge in [-0.2, -0.15) is 0 Å². The lowest BCUT2D eigenvalue weighted by molar-refractivity contribution is 0.416. The van der Waals surface area contributed by atoms with Gasteiger partial charge in [0.15, 0.2) is 5.82 Å². The minimum Gasteiger partial charge on any atom is -0.496 e. The van der Waals surface area contributed by atoms with E-state index in [1.54, 1.807) is 25.7 Å². The fraction of sp³-hybridized carbons (Fsp3) is 0.0312. The largest absolute Gasteiger partial charge is 0.496 e. The van der Waals surface area contributed by atoms with Gasteiger partial charge in [-0.15, -0.1) is 0 Å². The van der Waals surface area contributed by atoms with E-state index in [1.165, 1.54) is 0 Å². The van der Waals surface area contributed by atoms with Gasteiger partial charge in [-0.25, -0.2) is 15.0 Å². The molecule has 0 aliphatic carbocycles. The average molecular weight is 494 g/mol. The van der Waals surface area contributed by atoms with Gasteiger partial charge in [0.2, 0.25) is 0 Å². The maximum Gasteiger partial charge on any atom is 0.161 e. The molecular formula is C32H23N5O. The summed E-state index contributed by atoms with van der Waals surface area (Å²) in [7, 11) is 1.67. The molecule has 4 aromatic heterocycles. The van der Waals surface area contributed by atoms with Gasteiger partial charge >= 0.3 is 0 Å². The van der Waals surface area contributed by atoms with E-state index in [9.17, 15) is 0 Å². The third kappa shape index (κ3) is 4.75. The first-order valence-electron chi connectivity index (χ1n) is 12.2. The van der Waals surface area contributed by atoms with Crippen LogP contribution in [-0.2, 0) is 0 Å². The number of benzene rings is 2. The zero-order chi connectivity index (χ0) is 25.7. The Balaban J connectivity index is 1.44. The maximum atomic E-state index is 5.55. The van der Waals surface area contributed by atoms with Gasteiger partial charge in [-0.05, 0) is 60.7 Å². The first kappa shape index (κ1) is 23.2. The van der Waals surface area contributed by atoms with Crippen molar-refractivity contribution >= 4 is 0 Å². The summed E-state index contributed by atoms with van der Waals surface area (Å²) in [6.45, 7) is 0. The van der Waals surface area contributed by atoms with Gasteiger partial charge in [0.05, 0.1) is 29.9 Å². The predicted molar refractivity (Wildman–Crippen MR) is 149 cm³/mol. The number of rotatable bonds is 6. The SMILES string of the molecule is COc1ccccc1-c1cccc(-c2cccc(-c3cc(-c4cccnc4)nc(-c4cccnc4)n3)c2)n1. The highest BCUT2D eigenvalue weighted by molar-refractivity contribution is 5.76. The molecule has 0 bridgehead atoms. The zero-order valence-corrected chi connectivity index (χ0v) is 20.7. The minimum absolute atomic E-state index is 0.608. The summed E-state index contributed by atoms with van der Waals surface area (Å²) in [5, 5.41) is 0. The van der Waals surface area contributed by atoms with Crippen LogP contribution in [0.3, 0.4) is 0 Å². The lowest BCUT2D eigenvalue weighted by Gasteiger charge is -2.11. The second-order valence-electron chi connectivity index (χ2n) is 8.63. The molecule has 38 heavy (non-hydrogen) atoms. The highest BCUT2D eigenvalue weighted by Gasteiger charge is 2.13. The maximum absolute atomic E-state index is 5.55. The Hall–Kier alpha value is -5.23. The van der Waals surface area contributed by atoms with Gasteiger partial charge in [-0.3, -0.25) is 9.97 Å². The molecule has 0 saturated heterocycles. The zero-order valence-electron chi connectivity index (χ0n) is 20.7. The second-order valence-corrected chi connectivity index (χ2v) is 8.63. The first-order chi connectivity index (χ1) is 18.8. The number of ether oxygens (including phenoxy) is 1. The minimum atomic E-state index is 0.608. The number of aromatic nitrogens is 5. The molecular weight excluding hydrogens is 470 g/mol. The Bertz CT molecular complexity index is 1650. The van der Waals surface area contributed by atoms with Crippen molar-refractivity contribution in [3.05, 3.63) is 122 Å². The van der Waals surface area contributed by atoms with Gasteiger partial charge in [0.25, 0.3) is 0 Å². The van der Waals surface area contributed by atoms with Crippen LogP contribution in [0.15, 0.2) is 122 Å². The molecule has 6 rings (SSSR count). The van der Waals surface area contributed by atoms with E-state index < -0.39 is 0 Å². The molecule has 6 nitrogen and oxygen atoms in total. The average Bonchev–Trinajstić information content (AvgIpc) is 3.02. The van der Waals surface area contributed by atoms with Crippen molar-refractivity contribution in [3.63, 3.8) is 0 Å². The van der Waals surface area contributed by atoms with Crippen molar-refractivity contribution in [2.45, 2.75) is 0 Å². The highest BCUT2D eigenvalue weighted by atomic mass is 16.5. The quantitative estimate of drug-likeness (QED) is 0.249. The summed E-state index contributed by atoms with van der Waals surface area (Å²) in [4.78, 5) is 23.2. The molecule has 0 saturated carbocycles. The molecule has 6 aromatic rings. The molecule has 0 unspecified atom stereocenters. The smallest absolute Gasteiger partial charge is 0.161 e. The third-order valence-electron chi connectivity index (χ3n) is 6.19. The van der Waals surface area contributed by atoms with E-state index in [2.05, 4.69) is 28.2 Å². The topological polar surface area (TPSA) is 73.7 Å². The molecule has 0 fully saturated rings. The second kappa shape index (κ2) is 10.4. The van der Waals surface area contributed by atoms with Crippen molar-refractivity contribution in [2.24, 2.45) is 0 Å². The summed E-state index contributed by atoms with van der Waals surface area (Å²) < 4.78 is 5.55. The summed E-state index contributed by atoms with van der Waals surface area (Å²) in [5.41, 5.74) is 7.99. The van der Waals surface area contributed by atoms with E-state index in [0.717, 1.165) is 56.3 Å². The standard InChI is InChI=1S/C32H23N5O/c1-38-31-15-3-2-12-26(31)28-14-5-13-27(35-28)22-8-4-9-23(18-22)29-19-30(24-10-6-16-33-20-24)37-32(36-29)25-11-7-17-34-21-25/h2-21H,1H3. The molecule has 4 heterocycles. The van der Waals surface area contributed by atoms with E-state index >= 15 is 0 Å². The van der Waals surface area contributed by atoms with Gasteiger partial charge in [-0.1, -0.05) is 36.4 Å². The van der Waals surface area contributed by atoms with Gasteiger partial charge in [0.1, 0.15) is 5.75 Å². The molecule has 2 aromatic carbocycles. The Morgan fingerprint density at radius 2 is 1.13 bits per heavy atom.